The highest BCUT2D eigenvalue weighted by molar-refractivity contribution is 7.89. The zero-order chi connectivity index (χ0) is 15.2. The highest BCUT2D eigenvalue weighted by Gasteiger charge is 2.21. The first-order valence-electron chi connectivity index (χ1n) is 5.66. The second kappa shape index (κ2) is 7.01. The Morgan fingerprint density at radius 2 is 2.15 bits per heavy atom. The Morgan fingerprint density at radius 1 is 1.45 bits per heavy atom. The van der Waals surface area contributed by atoms with Crippen LogP contribution in [0, 0.1) is 29.0 Å². The summed E-state index contributed by atoms with van der Waals surface area (Å²) in [6, 6.07) is 5.20. The summed E-state index contributed by atoms with van der Waals surface area (Å²) in [5, 5.41) is 17.0. The van der Waals surface area contributed by atoms with E-state index in [4.69, 9.17) is 10.4 Å². The van der Waals surface area contributed by atoms with E-state index in [9.17, 15) is 12.8 Å². The van der Waals surface area contributed by atoms with Gasteiger partial charge in [-0.3, -0.25) is 0 Å². The molecule has 1 rings (SSSR count). The van der Waals surface area contributed by atoms with Gasteiger partial charge in [-0.05, 0) is 18.2 Å². The molecule has 1 N–H and O–H groups in total. The summed E-state index contributed by atoms with van der Waals surface area (Å²) >= 11 is 0. The monoisotopic (exact) mass is 296 g/mol. The van der Waals surface area contributed by atoms with Crippen LogP contribution in [-0.2, 0) is 10.0 Å². The van der Waals surface area contributed by atoms with E-state index < -0.39 is 22.4 Å². The summed E-state index contributed by atoms with van der Waals surface area (Å²) in [5.41, 5.74) is 0.0117. The molecule has 20 heavy (non-hydrogen) atoms. The highest BCUT2D eigenvalue weighted by atomic mass is 32.2. The van der Waals surface area contributed by atoms with Gasteiger partial charge in [-0.25, -0.2) is 12.8 Å². The summed E-state index contributed by atoms with van der Waals surface area (Å²) < 4.78 is 38.9. The Bertz CT molecular complexity index is 684. The van der Waals surface area contributed by atoms with Crippen LogP contribution in [0.15, 0.2) is 23.1 Å². The Balaban J connectivity index is 3.09. The van der Waals surface area contributed by atoms with E-state index in [-0.39, 0.29) is 23.4 Å². The Kier molecular flexibility index (Phi) is 5.66. The molecule has 0 unspecified atom stereocenters. The van der Waals surface area contributed by atoms with Crippen LogP contribution in [-0.4, -0.2) is 38.0 Å². The maximum absolute atomic E-state index is 13.7. The number of halogens is 1. The molecule has 106 valence electrons. The van der Waals surface area contributed by atoms with Crippen molar-refractivity contribution in [2.75, 3.05) is 20.2 Å². The van der Waals surface area contributed by atoms with Crippen LogP contribution >= 0.6 is 0 Å². The Morgan fingerprint density at radius 3 is 2.70 bits per heavy atom. The van der Waals surface area contributed by atoms with E-state index in [1.165, 1.54) is 19.2 Å². The van der Waals surface area contributed by atoms with Gasteiger partial charge in [-0.15, -0.1) is 0 Å². The standard InChI is InChI=1S/C13H13FN2O3S/c1-16(8-3-7-15)20(18,19)12-6-5-11(4-2-9-17)13(14)10-12/h5-6,10,17H,3,8-9H2,1H3. The van der Waals surface area contributed by atoms with Crippen molar-refractivity contribution in [2.45, 2.75) is 11.3 Å². The van der Waals surface area contributed by atoms with Gasteiger partial charge in [0.05, 0.1) is 16.5 Å². The average Bonchev–Trinajstić information content (AvgIpc) is 2.43. The average molecular weight is 296 g/mol. The van der Waals surface area contributed by atoms with Gasteiger partial charge >= 0.3 is 0 Å². The molecule has 0 atom stereocenters. The molecule has 0 radical (unpaired) electrons. The van der Waals surface area contributed by atoms with Crippen LogP contribution in [0.3, 0.4) is 0 Å². The predicted molar refractivity (Wildman–Crippen MR) is 70.4 cm³/mol. The smallest absolute Gasteiger partial charge is 0.242 e. The van der Waals surface area contributed by atoms with Crippen LogP contribution < -0.4 is 0 Å². The highest BCUT2D eigenvalue weighted by Crippen LogP contribution is 2.18. The Labute approximate surface area is 117 Å². The molecule has 1 aromatic rings. The van der Waals surface area contributed by atoms with Crippen molar-refractivity contribution in [3.05, 3.63) is 29.6 Å². The lowest BCUT2D eigenvalue weighted by Crippen LogP contribution is -2.27. The number of hydrogen-bond donors (Lipinski definition) is 1. The minimum absolute atomic E-state index is 0.0117. The maximum atomic E-state index is 13.7. The molecular formula is C13H13FN2O3S. The van der Waals surface area contributed by atoms with Crippen molar-refractivity contribution >= 4 is 10.0 Å². The fraction of sp³-hybridized carbons (Fsp3) is 0.308. The number of aliphatic hydroxyl groups excluding tert-OH is 1. The lowest BCUT2D eigenvalue weighted by atomic mass is 10.2. The van der Waals surface area contributed by atoms with Gasteiger partial charge in [-0.1, -0.05) is 11.8 Å². The van der Waals surface area contributed by atoms with Crippen molar-refractivity contribution in [3.8, 4) is 17.9 Å². The van der Waals surface area contributed by atoms with Crippen LogP contribution in [0.5, 0.6) is 0 Å². The van der Waals surface area contributed by atoms with Crippen molar-refractivity contribution < 1.29 is 17.9 Å². The lowest BCUT2D eigenvalue weighted by Gasteiger charge is -2.15. The number of nitriles is 1. The first-order valence-corrected chi connectivity index (χ1v) is 7.10. The van der Waals surface area contributed by atoms with E-state index in [1.54, 1.807) is 0 Å². The van der Waals surface area contributed by atoms with Gasteiger partial charge in [0.2, 0.25) is 10.0 Å². The molecule has 0 aliphatic rings. The molecule has 7 heteroatoms. The predicted octanol–water partition coefficient (Wildman–Crippen LogP) is 0.704. The van der Waals surface area contributed by atoms with Crippen LogP contribution in [0.25, 0.3) is 0 Å². The first kappa shape index (κ1) is 16.1. The number of aliphatic hydroxyl groups is 1. The number of rotatable bonds is 4. The third kappa shape index (κ3) is 3.78. The molecule has 0 amide bonds. The Hall–Kier alpha value is -1.93. The molecule has 0 fully saturated rings. The van der Waals surface area contributed by atoms with E-state index >= 15 is 0 Å². The van der Waals surface area contributed by atoms with Gasteiger partial charge in [0.25, 0.3) is 0 Å². The normalized spacial score (nSPS) is 10.8. The lowest BCUT2D eigenvalue weighted by molar-refractivity contribution is 0.350. The molecule has 0 aliphatic heterocycles. The minimum atomic E-state index is -3.83. The summed E-state index contributed by atoms with van der Waals surface area (Å²) in [6.07, 6.45) is 0.0538. The summed E-state index contributed by atoms with van der Waals surface area (Å²) in [5.74, 6) is 3.89. The molecular weight excluding hydrogens is 283 g/mol. The van der Waals surface area contributed by atoms with Crippen LogP contribution in [0.2, 0.25) is 0 Å². The van der Waals surface area contributed by atoms with Crippen LogP contribution in [0.4, 0.5) is 4.39 Å². The van der Waals surface area contributed by atoms with E-state index in [2.05, 4.69) is 11.8 Å². The van der Waals surface area contributed by atoms with Crippen LogP contribution in [0.1, 0.15) is 12.0 Å². The largest absolute Gasteiger partial charge is 0.384 e. The molecule has 0 aromatic heterocycles. The fourth-order valence-corrected chi connectivity index (χ4v) is 2.58. The van der Waals surface area contributed by atoms with E-state index in [0.717, 1.165) is 10.4 Å². The van der Waals surface area contributed by atoms with Crippen molar-refractivity contribution in [3.63, 3.8) is 0 Å². The minimum Gasteiger partial charge on any atom is -0.384 e. The number of sulfonamides is 1. The molecule has 0 spiro atoms. The molecule has 0 heterocycles. The van der Waals surface area contributed by atoms with Gasteiger partial charge in [0.1, 0.15) is 12.4 Å². The second-order valence-corrected chi connectivity index (χ2v) is 5.88. The third-order valence-corrected chi connectivity index (χ3v) is 4.34. The van der Waals surface area contributed by atoms with Gasteiger partial charge < -0.3 is 5.11 Å². The van der Waals surface area contributed by atoms with Gasteiger partial charge in [0.15, 0.2) is 0 Å². The SMILES string of the molecule is CN(CCC#N)S(=O)(=O)c1ccc(C#CCO)c(F)c1. The van der Waals surface area contributed by atoms with Crippen molar-refractivity contribution in [1.29, 1.82) is 5.26 Å². The zero-order valence-corrected chi connectivity index (χ0v) is 11.6. The molecule has 0 bridgehead atoms. The van der Waals surface area contributed by atoms with Gasteiger partial charge in [0, 0.05) is 20.0 Å². The van der Waals surface area contributed by atoms with Gasteiger partial charge in [-0.2, -0.15) is 9.57 Å². The topological polar surface area (TPSA) is 81.4 Å². The molecule has 0 aliphatic carbocycles. The van der Waals surface area contributed by atoms with Crippen molar-refractivity contribution in [2.24, 2.45) is 0 Å². The number of nitrogens with zero attached hydrogens (tertiary/aromatic N) is 2. The van der Waals surface area contributed by atoms with E-state index in [1.807, 2.05) is 6.07 Å². The summed E-state index contributed by atoms with van der Waals surface area (Å²) in [6.45, 7) is -0.372. The fourth-order valence-electron chi connectivity index (χ4n) is 1.40. The van der Waals surface area contributed by atoms with E-state index in [0.29, 0.717) is 0 Å². The summed E-state index contributed by atoms with van der Waals surface area (Å²) in [4.78, 5) is -0.204. The quantitative estimate of drug-likeness (QED) is 0.829. The maximum Gasteiger partial charge on any atom is 0.242 e. The zero-order valence-electron chi connectivity index (χ0n) is 10.8. The number of hydrogen-bond acceptors (Lipinski definition) is 4. The first-order chi connectivity index (χ1) is 9.43. The molecule has 1 aromatic carbocycles. The second-order valence-electron chi connectivity index (χ2n) is 3.84. The molecule has 0 saturated heterocycles. The third-order valence-electron chi connectivity index (χ3n) is 2.49. The molecule has 5 nitrogen and oxygen atoms in total. The molecule has 0 saturated carbocycles. The number of benzene rings is 1. The summed E-state index contributed by atoms with van der Waals surface area (Å²) in [7, 11) is -2.50. The van der Waals surface area contributed by atoms with Crippen molar-refractivity contribution in [1.82, 2.24) is 4.31 Å².